The average Bonchev–Trinajstić information content (AvgIpc) is 3.85. The third-order valence-corrected chi connectivity index (χ3v) is 27.7. The first kappa shape index (κ1) is 51.7. The number of aliphatic hydroxyl groups is 1. The Morgan fingerprint density at radius 3 is 1.63 bits per heavy atom. The lowest BCUT2D eigenvalue weighted by Crippen LogP contribution is -2.68. The van der Waals surface area contributed by atoms with Gasteiger partial charge in [0.1, 0.15) is 0 Å². The molecule has 2 saturated carbocycles. The van der Waals surface area contributed by atoms with Crippen LogP contribution in [0.3, 0.4) is 0 Å². The second-order valence-corrected chi connectivity index (χ2v) is 37.2. The van der Waals surface area contributed by atoms with Gasteiger partial charge in [0.2, 0.25) is 0 Å². The molecule has 2 aliphatic carbocycles. The minimum absolute atomic E-state index is 0.0237. The largest absolute Gasteiger partial charge is 0.412 e. The van der Waals surface area contributed by atoms with Crippen molar-refractivity contribution in [1.82, 2.24) is 0 Å². The van der Waals surface area contributed by atoms with E-state index < -0.39 is 30.6 Å². The number of ether oxygens (including phenoxy) is 1. The average molecular weight is 958 g/mol. The Kier molecular flexibility index (Phi) is 15.1. The highest BCUT2D eigenvalue weighted by molar-refractivity contribution is 7.00. The van der Waals surface area contributed by atoms with Gasteiger partial charge in [0.15, 0.2) is 8.32 Å². The lowest BCUT2D eigenvalue weighted by atomic mass is 9.63. The normalized spacial score (nSPS) is 29.4. The van der Waals surface area contributed by atoms with Gasteiger partial charge < -0.3 is 23.1 Å². The fraction of sp³-hybridized carbons (Fsp3) is 0.525. The summed E-state index contributed by atoms with van der Waals surface area (Å²) in [6.45, 7) is 38.0. The first-order valence-electron chi connectivity index (χ1n) is 25.3. The van der Waals surface area contributed by atoms with Gasteiger partial charge in [-0.15, -0.1) is 6.58 Å². The number of hydrogen-bond acceptors (Lipinski definition) is 5. The van der Waals surface area contributed by atoms with E-state index in [2.05, 4.69) is 216 Å². The van der Waals surface area contributed by atoms with E-state index in [0.717, 1.165) is 44.1 Å². The van der Waals surface area contributed by atoms with E-state index >= 15 is 0 Å². The van der Waals surface area contributed by atoms with Gasteiger partial charge in [-0.25, -0.2) is 0 Å². The summed E-state index contributed by atoms with van der Waals surface area (Å²) in [4.78, 5) is 0. The van der Waals surface area contributed by atoms with Gasteiger partial charge in [0.05, 0.1) is 36.6 Å². The molecule has 5 nitrogen and oxygen atoms in total. The monoisotopic (exact) mass is 957 g/mol. The summed E-state index contributed by atoms with van der Waals surface area (Å²) in [5, 5.41) is 16.0. The van der Waals surface area contributed by atoms with Crippen LogP contribution in [-0.4, -0.2) is 66.7 Å². The predicted octanol–water partition coefficient (Wildman–Crippen LogP) is 11.8. The molecule has 67 heavy (non-hydrogen) atoms. The molecule has 4 aromatic carbocycles. The van der Waals surface area contributed by atoms with E-state index in [1.165, 1.54) is 20.7 Å². The molecule has 362 valence electrons. The lowest BCUT2D eigenvalue weighted by Gasteiger charge is -2.47. The summed E-state index contributed by atoms with van der Waals surface area (Å²) in [5.74, 6) is 0.525. The highest BCUT2D eigenvalue weighted by Gasteiger charge is 2.65. The van der Waals surface area contributed by atoms with Crippen LogP contribution in [0.2, 0.25) is 29.7 Å². The lowest BCUT2D eigenvalue weighted by molar-refractivity contribution is -0.110. The second kappa shape index (κ2) is 19.5. The van der Waals surface area contributed by atoms with Gasteiger partial charge in [-0.05, 0) is 118 Å². The summed E-state index contributed by atoms with van der Waals surface area (Å²) in [6, 6.07) is 43.9. The molecular formula is C59H84O5Si3. The predicted molar refractivity (Wildman–Crippen MR) is 288 cm³/mol. The maximum atomic E-state index is 11.2. The Balaban J connectivity index is 1.25. The molecule has 1 heterocycles. The molecule has 4 aromatic rings. The Hall–Kier alpha value is -3.19. The molecule has 9 atom stereocenters. The molecule has 0 bridgehead atoms. The van der Waals surface area contributed by atoms with Crippen LogP contribution in [0.1, 0.15) is 101 Å². The smallest absolute Gasteiger partial charge is 0.261 e. The first-order chi connectivity index (χ1) is 31.5. The van der Waals surface area contributed by atoms with E-state index in [4.69, 9.17) is 24.6 Å². The summed E-state index contributed by atoms with van der Waals surface area (Å²) < 4.78 is 30.8. The SMILES string of the molecule is C=CC[C@@H]1[C@@](C)(C[C@H]2[C@@H](C(=C)CO)[C@@H](O[Si](c3ccccc3)(c3ccccc3)C(C)(C)C)C[C@@]2(C)O[Si](C)(C)C)CC[C@@]12O[C@@H](CO[Si](c1ccccc1)(c1ccccc1)C(C)(C)C)C[C@@H]2C. The van der Waals surface area contributed by atoms with Crippen molar-refractivity contribution in [2.45, 2.75) is 154 Å². The molecule has 0 aromatic heterocycles. The number of benzene rings is 4. The summed E-state index contributed by atoms with van der Waals surface area (Å²) in [7, 11) is -7.84. The Labute approximate surface area is 409 Å². The fourth-order valence-corrected chi connectivity index (χ4v) is 24.8. The maximum absolute atomic E-state index is 11.2. The van der Waals surface area contributed by atoms with Crippen LogP contribution in [0.15, 0.2) is 146 Å². The molecule has 7 rings (SSSR count). The van der Waals surface area contributed by atoms with Crippen LogP contribution in [-0.2, 0) is 18.0 Å². The molecule has 0 radical (unpaired) electrons. The van der Waals surface area contributed by atoms with Crippen molar-refractivity contribution >= 4 is 45.7 Å². The van der Waals surface area contributed by atoms with E-state index in [1.807, 2.05) is 0 Å². The molecule has 1 spiro atoms. The van der Waals surface area contributed by atoms with E-state index in [9.17, 15) is 5.11 Å². The maximum Gasteiger partial charge on any atom is 0.261 e. The van der Waals surface area contributed by atoms with Gasteiger partial charge in [-0.1, -0.05) is 189 Å². The number of aliphatic hydroxyl groups excluding tert-OH is 1. The first-order valence-corrected chi connectivity index (χ1v) is 32.5. The van der Waals surface area contributed by atoms with Crippen molar-refractivity contribution in [3.8, 4) is 0 Å². The van der Waals surface area contributed by atoms with E-state index in [-0.39, 0.29) is 57.7 Å². The van der Waals surface area contributed by atoms with Crippen molar-refractivity contribution in [3.05, 3.63) is 146 Å². The topological polar surface area (TPSA) is 57.2 Å². The van der Waals surface area contributed by atoms with Gasteiger partial charge in [0, 0.05) is 12.3 Å². The molecule has 0 amide bonds. The van der Waals surface area contributed by atoms with Crippen molar-refractivity contribution in [1.29, 1.82) is 0 Å². The molecule has 1 N–H and O–H groups in total. The van der Waals surface area contributed by atoms with Gasteiger partial charge in [-0.3, -0.25) is 0 Å². The molecular weight excluding hydrogens is 873 g/mol. The van der Waals surface area contributed by atoms with Crippen molar-refractivity contribution in [2.75, 3.05) is 13.2 Å². The van der Waals surface area contributed by atoms with Crippen LogP contribution < -0.4 is 20.7 Å². The molecule has 8 heteroatoms. The zero-order valence-corrected chi connectivity index (χ0v) is 46.2. The van der Waals surface area contributed by atoms with Crippen molar-refractivity contribution in [3.63, 3.8) is 0 Å². The summed E-state index contributed by atoms with van der Waals surface area (Å²) in [5.41, 5.74) is -0.0791. The fourth-order valence-electron chi connectivity index (χ4n) is 13.9. The number of rotatable bonds is 17. The van der Waals surface area contributed by atoms with Gasteiger partial charge in [0.25, 0.3) is 16.6 Å². The van der Waals surface area contributed by atoms with E-state index in [1.54, 1.807) is 0 Å². The number of hydrogen-bond donors (Lipinski definition) is 1. The molecule has 1 saturated heterocycles. The zero-order valence-electron chi connectivity index (χ0n) is 43.2. The van der Waals surface area contributed by atoms with Gasteiger partial charge in [-0.2, -0.15) is 0 Å². The van der Waals surface area contributed by atoms with E-state index in [0.29, 0.717) is 12.5 Å². The Morgan fingerprint density at radius 2 is 1.21 bits per heavy atom. The quantitative estimate of drug-likeness (QED) is 0.0844. The van der Waals surface area contributed by atoms with Crippen LogP contribution in [0.5, 0.6) is 0 Å². The number of allylic oxidation sites excluding steroid dienone is 1. The Morgan fingerprint density at radius 1 is 0.746 bits per heavy atom. The third kappa shape index (κ3) is 9.69. The summed E-state index contributed by atoms with van der Waals surface area (Å²) in [6.07, 6.45) is 7.42. The van der Waals surface area contributed by atoms with Gasteiger partial charge >= 0.3 is 0 Å². The van der Waals surface area contributed by atoms with Crippen molar-refractivity contribution < 1.29 is 23.1 Å². The zero-order chi connectivity index (χ0) is 48.7. The minimum atomic E-state index is -2.98. The van der Waals surface area contributed by atoms with Crippen LogP contribution in [0, 0.1) is 29.1 Å². The van der Waals surface area contributed by atoms with Crippen LogP contribution in [0.4, 0.5) is 0 Å². The third-order valence-electron chi connectivity index (χ3n) is 16.5. The standard InChI is InChI=1S/C59H84O5Si3/c1-15-28-53-57(10,37-38-59(53)45(3)39-46(62-59)43-61-66(55(4,5)6,47-29-20-16-21-30-47)48-31-22-17-23-32-48)40-51-54(44(2)42-60)52(41-58(51,11)64-65(12,13)14)63-67(56(7,8)9,49-33-24-18-25-34-49)50-35-26-19-27-36-50/h15-27,29-36,45-46,51-54,60H,1-2,28,37-43H2,3-14H3/t45-,46+,51-,52-,53+,54+,57+,58+,59-/m0/s1. The summed E-state index contributed by atoms with van der Waals surface area (Å²) >= 11 is 0. The highest BCUT2D eigenvalue weighted by atomic mass is 28.4. The highest BCUT2D eigenvalue weighted by Crippen LogP contribution is 2.64. The molecule has 1 aliphatic heterocycles. The molecule has 3 fully saturated rings. The van der Waals surface area contributed by atoms with Crippen LogP contribution in [0.25, 0.3) is 0 Å². The van der Waals surface area contributed by atoms with Crippen LogP contribution >= 0.6 is 0 Å². The molecule has 3 aliphatic rings. The second-order valence-electron chi connectivity index (χ2n) is 24.2. The molecule has 0 unspecified atom stereocenters. The van der Waals surface area contributed by atoms with Crippen molar-refractivity contribution in [2.24, 2.45) is 29.1 Å². The Bertz CT molecular complexity index is 2190. The minimum Gasteiger partial charge on any atom is -0.412 e.